The van der Waals surface area contributed by atoms with E-state index in [0.717, 1.165) is 18.4 Å². The maximum absolute atomic E-state index is 12.0. The third-order valence-corrected chi connectivity index (χ3v) is 7.63. The first-order chi connectivity index (χ1) is 17.4. The SMILES string of the molecule is O=[N+]([O-])c1cc(N2CC[C@H](CO)[C@@H](O)C2)cc(-c2ccc3c(c2)ncn3C2CCCCC2)c1[N+](=O)[O-]. The van der Waals surface area contributed by atoms with Crippen molar-refractivity contribution in [3.05, 3.63) is 56.9 Å². The van der Waals surface area contributed by atoms with Gasteiger partial charge in [0.05, 0.1) is 38.9 Å². The van der Waals surface area contributed by atoms with Gasteiger partial charge in [-0.15, -0.1) is 0 Å². The third kappa shape index (κ3) is 4.40. The number of piperidine rings is 1. The van der Waals surface area contributed by atoms with E-state index in [-0.39, 0.29) is 24.6 Å². The highest BCUT2D eigenvalue weighted by Gasteiger charge is 2.34. The van der Waals surface area contributed by atoms with Crippen LogP contribution in [0.25, 0.3) is 22.2 Å². The molecule has 1 aliphatic carbocycles. The summed E-state index contributed by atoms with van der Waals surface area (Å²) in [4.78, 5) is 28.8. The average Bonchev–Trinajstić information content (AvgIpc) is 3.31. The van der Waals surface area contributed by atoms with Crippen LogP contribution in [-0.4, -0.2) is 55.4 Å². The van der Waals surface area contributed by atoms with Crippen molar-refractivity contribution in [2.24, 2.45) is 5.92 Å². The van der Waals surface area contributed by atoms with Gasteiger partial charge in [-0.05, 0) is 43.0 Å². The van der Waals surface area contributed by atoms with E-state index >= 15 is 0 Å². The van der Waals surface area contributed by atoms with Crippen LogP contribution in [0.4, 0.5) is 17.1 Å². The van der Waals surface area contributed by atoms with Gasteiger partial charge in [0, 0.05) is 43.4 Å². The molecule has 2 heterocycles. The fourth-order valence-corrected chi connectivity index (χ4v) is 5.62. The number of anilines is 1. The molecule has 0 spiro atoms. The number of nitro groups is 2. The number of aliphatic hydroxyl groups is 2. The fourth-order valence-electron chi connectivity index (χ4n) is 5.62. The highest BCUT2D eigenvalue weighted by Crippen LogP contribution is 2.43. The average molecular weight is 496 g/mol. The van der Waals surface area contributed by atoms with Gasteiger partial charge in [0.2, 0.25) is 0 Å². The zero-order valence-corrected chi connectivity index (χ0v) is 19.8. The molecule has 0 amide bonds. The van der Waals surface area contributed by atoms with Gasteiger partial charge in [-0.3, -0.25) is 20.2 Å². The maximum atomic E-state index is 12.0. The highest BCUT2D eigenvalue weighted by atomic mass is 16.6. The zero-order valence-electron chi connectivity index (χ0n) is 19.8. The van der Waals surface area contributed by atoms with Crippen LogP contribution in [0.3, 0.4) is 0 Å². The minimum Gasteiger partial charge on any atom is -0.396 e. The number of aliphatic hydroxyl groups excluding tert-OH is 2. The van der Waals surface area contributed by atoms with E-state index in [1.165, 1.54) is 25.3 Å². The molecule has 190 valence electrons. The van der Waals surface area contributed by atoms with Crippen LogP contribution in [0.1, 0.15) is 44.6 Å². The summed E-state index contributed by atoms with van der Waals surface area (Å²) in [6, 6.07) is 8.54. The Bertz CT molecular complexity index is 1300. The van der Waals surface area contributed by atoms with Gasteiger partial charge in [0.15, 0.2) is 0 Å². The molecule has 0 unspecified atom stereocenters. The number of nitrogens with zero attached hydrogens (tertiary/aromatic N) is 5. The van der Waals surface area contributed by atoms with E-state index in [2.05, 4.69) is 9.55 Å². The molecular formula is C25H29N5O6. The Balaban J connectivity index is 1.59. The van der Waals surface area contributed by atoms with Gasteiger partial charge >= 0.3 is 11.4 Å². The summed E-state index contributed by atoms with van der Waals surface area (Å²) in [5, 5.41) is 43.7. The lowest BCUT2D eigenvalue weighted by Gasteiger charge is -2.36. The van der Waals surface area contributed by atoms with Gasteiger partial charge in [0.25, 0.3) is 0 Å². The Hall–Kier alpha value is -3.57. The second-order valence-corrected chi connectivity index (χ2v) is 9.77. The summed E-state index contributed by atoms with van der Waals surface area (Å²) in [6.07, 6.45) is 7.27. The number of aromatic nitrogens is 2. The number of benzene rings is 2. The standard InChI is InChI=1S/C25H29N5O6/c31-14-17-8-9-27(13-24(17)32)19-11-20(25(30(35)36)23(12-19)29(33)34)16-6-7-22-21(10-16)26-15-28(22)18-4-2-1-3-5-18/h6-7,10-12,15,17-18,24,31-32H,1-5,8-9,13-14H2/t17-,24+/m1/s1. The van der Waals surface area contributed by atoms with E-state index in [1.54, 1.807) is 23.1 Å². The topological polar surface area (TPSA) is 148 Å². The van der Waals surface area contributed by atoms with Crippen LogP contribution >= 0.6 is 0 Å². The molecule has 2 aliphatic rings. The van der Waals surface area contributed by atoms with E-state index in [4.69, 9.17) is 0 Å². The summed E-state index contributed by atoms with van der Waals surface area (Å²) in [7, 11) is 0. The highest BCUT2D eigenvalue weighted by molar-refractivity contribution is 5.89. The molecule has 5 rings (SSSR count). The molecule has 1 aromatic heterocycles. The molecule has 36 heavy (non-hydrogen) atoms. The van der Waals surface area contributed by atoms with Crippen molar-refractivity contribution in [2.75, 3.05) is 24.6 Å². The summed E-state index contributed by atoms with van der Waals surface area (Å²) < 4.78 is 2.16. The Morgan fingerprint density at radius 3 is 2.47 bits per heavy atom. The largest absolute Gasteiger partial charge is 0.396 e. The van der Waals surface area contributed by atoms with Crippen LogP contribution in [0.2, 0.25) is 0 Å². The first-order valence-corrected chi connectivity index (χ1v) is 12.3. The van der Waals surface area contributed by atoms with Crippen LogP contribution in [0.5, 0.6) is 0 Å². The van der Waals surface area contributed by atoms with Gasteiger partial charge in [-0.2, -0.15) is 0 Å². The van der Waals surface area contributed by atoms with Crippen LogP contribution in [0.15, 0.2) is 36.7 Å². The minimum absolute atomic E-state index is 0.136. The molecule has 2 aromatic carbocycles. The summed E-state index contributed by atoms with van der Waals surface area (Å²) in [5.74, 6) is -0.268. The zero-order chi connectivity index (χ0) is 25.4. The Morgan fingerprint density at radius 2 is 1.81 bits per heavy atom. The number of hydrogen-bond donors (Lipinski definition) is 2. The lowest BCUT2D eigenvalue weighted by Crippen LogP contribution is -2.45. The van der Waals surface area contributed by atoms with Crippen molar-refractivity contribution in [1.82, 2.24) is 9.55 Å². The lowest BCUT2D eigenvalue weighted by atomic mass is 9.93. The molecule has 11 heteroatoms. The molecule has 11 nitrogen and oxygen atoms in total. The van der Waals surface area contributed by atoms with E-state index in [0.29, 0.717) is 35.8 Å². The van der Waals surface area contributed by atoms with Crippen molar-refractivity contribution >= 4 is 28.1 Å². The number of β-amino-alcohol motifs (C(OH)–C–C–N with tert-alkyl or cyclic N) is 1. The van der Waals surface area contributed by atoms with Crippen molar-refractivity contribution in [3.8, 4) is 11.1 Å². The summed E-state index contributed by atoms with van der Waals surface area (Å²) in [6.45, 7) is 0.486. The van der Waals surface area contributed by atoms with Gasteiger partial charge in [0.1, 0.15) is 0 Å². The predicted molar refractivity (Wildman–Crippen MR) is 134 cm³/mol. The van der Waals surface area contributed by atoms with Crippen LogP contribution in [0, 0.1) is 26.1 Å². The monoisotopic (exact) mass is 495 g/mol. The van der Waals surface area contributed by atoms with Crippen LogP contribution in [-0.2, 0) is 0 Å². The molecule has 0 bridgehead atoms. The quantitative estimate of drug-likeness (QED) is 0.382. The normalized spacial score (nSPS) is 21.1. The molecule has 1 saturated heterocycles. The predicted octanol–water partition coefficient (Wildman–Crippen LogP) is 4.20. The van der Waals surface area contributed by atoms with Crippen molar-refractivity contribution in [2.45, 2.75) is 50.7 Å². The van der Waals surface area contributed by atoms with Crippen molar-refractivity contribution in [3.63, 3.8) is 0 Å². The van der Waals surface area contributed by atoms with E-state index in [9.17, 15) is 30.4 Å². The maximum Gasteiger partial charge on any atom is 0.353 e. The van der Waals surface area contributed by atoms with Crippen molar-refractivity contribution < 1.29 is 20.1 Å². The molecule has 1 saturated carbocycles. The number of hydrogen-bond acceptors (Lipinski definition) is 8. The first kappa shape index (κ1) is 24.1. The number of rotatable bonds is 6. The molecule has 2 N–H and O–H groups in total. The lowest BCUT2D eigenvalue weighted by molar-refractivity contribution is -0.422. The molecule has 2 atom stereocenters. The summed E-state index contributed by atoms with van der Waals surface area (Å²) in [5.41, 5.74) is 1.48. The Kier molecular flexibility index (Phi) is 6.59. The molecule has 1 aliphatic heterocycles. The summed E-state index contributed by atoms with van der Waals surface area (Å²) >= 11 is 0. The second kappa shape index (κ2) is 9.82. The molecular weight excluding hydrogens is 466 g/mol. The number of fused-ring (bicyclic) bond motifs is 1. The Morgan fingerprint density at radius 1 is 1.03 bits per heavy atom. The smallest absolute Gasteiger partial charge is 0.353 e. The number of nitro benzene ring substituents is 2. The van der Waals surface area contributed by atoms with Gasteiger partial charge in [-0.1, -0.05) is 25.3 Å². The van der Waals surface area contributed by atoms with E-state index < -0.39 is 27.3 Å². The van der Waals surface area contributed by atoms with E-state index in [1.807, 2.05) is 12.4 Å². The minimum atomic E-state index is -0.804. The molecule has 0 radical (unpaired) electrons. The van der Waals surface area contributed by atoms with Crippen molar-refractivity contribution in [1.29, 1.82) is 0 Å². The first-order valence-electron chi connectivity index (χ1n) is 12.3. The third-order valence-electron chi connectivity index (χ3n) is 7.63. The molecule has 2 fully saturated rings. The molecule has 3 aromatic rings. The second-order valence-electron chi connectivity index (χ2n) is 9.77. The number of imidazole rings is 1. The van der Waals surface area contributed by atoms with Gasteiger partial charge in [-0.25, -0.2) is 4.98 Å². The fraction of sp³-hybridized carbons (Fsp3) is 0.480. The van der Waals surface area contributed by atoms with Crippen LogP contribution < -0.4 is 4.90 Å². The Labute approximate surface area is 207 Å². The van der Waals surface area contributed by atoms with Gasteiger partial charge < -0.3 is 19.7 Å².